The van der Waals surface area contributed by atoms with Gasteiger partial charge in [-0.05, 0) is 79.1 Å². The van der Waals surface area contributed by atoms with E-state index in [1.54, 1.807) is 0 Å². The average Bonchev–Trinajstić information content (AvgIpc) is 3.08. The molecular weight excluding hydrogens is 564 g/mol. The van der Waals surface area contributed by atoms with E-state index < -0.39 is 5.41 Å². The molecule has 4 heteroatoms. The second-order valence-electron chi connectivity index (χ2n) is 12.6. The Morgan fingerprint density at radius 3 is 1.43 bits per heavy atom. The first-order valence-corrected chi connectivity index (χ1v) is 16.2. The first-order valence-electron chi connectivity index (χ1n) is 16.2. The third-order valence-corrected chi connectivity index (χ3v) is 9.29. The standard InChI is InChI=1S/C42H42N2O2/c1-29-23-31(3)40(45)32(24-29)27-43-38-21-13-14-22-39(38)44-28-33-25-30(2)26-37(41(33)46)42(34-15-7-4-8-16-34,35-17-9-5-10-18-35)36-19-11-6-12-20-36/h4-12,15-20,23-28,38-39,45-46H,13-14,21-22H2,1-3H3/t38-,39-/m0/s1. The Morgan fingerprint density at radius 2 is 0.978 bits per heavy atom. The van der Waals surface area contributed by atoms with Crippen LogP contribution in [-0.4, -0.2) is 34.7 Å². The van der Waals surface area contributed by atoms with Gasteiger partial charge < -0.3 is 10.2 Å². The smallest absolute Gasteiger partial charge is 0.129 e. The van der Waals surface area contributed by atoms with E-state index in [0.29, 0.717) is 5.56 Å². The number of aromatic hydroxyl groups is 2. The predicted octanol–water partition coefficient (Wildman–Crippen LogP) is 9.25. The van der Waals surface area contributed by atoms with E-state index in [-0.39, 0.29) is 23.6 Å². The summed E-state index contributed by atoms with van der Waals surface area (Å²) < 4.78 is 0. The van der Waals surface area contributed by atoms with Crippen molar-refractivity contribution in [2.75, 3.05) is 0 Å². The summed E-state index contributed by atoms with van der Waals surface area (Å²) in [6.07, 6.45) is 7.72. The molecular formula is C42H42N2O2. The second-order valence-corrected chi connectivity index (χ2v) is 12.6. The molecule has 232 valence electrons. The van der Waals surface area contributed by atoms with Gasteiger partial charge >= 0.3 is 0 Å². The number of hydrogen-bond acceptors (Lipinski definition) is 4. The van der Waals surface area contributed by atoms with Gasteiger partial charge in [0.2, 0.25) is 0 Å². The number of nitrogens with zero attached hydrogens (tertiary/aromatic N) is 2. The van der Waals surface area contributed by atoms with Crippen molar-refractivity contribution in [3.05, 3.63) is 165 Å². The van der Waals surface area contributed by atoms with Crippen molar-refractivity contribution >= 4 is 12.4 Å². The fraction of sp³-hybridized carbons (Fsp3) is 0.238. The molecule has 2 N–H and O–H groups in total. The van der Waals surface area contributed by atoms with Crippen LogP contribution >= 0.6 is 0 Å². The number of aliphatic imine (C=N–C) groups is 2. The quantitative estimate of drug-likeness (QED) is 0.137. The summed E-state index contributed by atoms with van der Waals surface area (Å²) in [6.45, 7) is 6.02. The molecule has 4 nitrogen and oxygen atoms in total. The van der Waals surface area contributed by atoms with Crippen LogP contribution in [0.15, 0.2) is 125 Å². The van der Waals surface area contributed by atoms with Crippen molar-refractivity contribution in [1.82, 2.24) is 0 Å². The third-order valence-electron chi connectivity index (χ3n) is 9.29. The lowest BCUT2D eigenvalue weighted by Gasteiger charge is -2.37. The molecule has 6 rings (SSSR count). The van der Waals surface area contributed by atoms with Crippen LogP contribution in [0, 0.1) is 20.8 Å². The van der Waals surface area contributed by atoms with Gasteiger partial charge in [0.1, 0.15) is 11.5 Å². The molecule has 46 heavy (non-hydrogen) atoms. The summed E-state index contributed by atoms with van der Waals surface area (Å²) in [5.74, 6) is 0.503. The molecule has 2 atom stereocenters. The molecule has 1 aliphatic rings. The highest BCUT2D eigenvalue weighted by Gasteiger charge is 2.40. The molecule has 0 heterocycles. The van der Waals surface area contributed by atoms with Gasteiger partial charge in [0.15, 0.2) is 0 Å². The molecule has 0 radical (unpaired) electrons. The molecule has 0 saturated heterocycles. The van der Waals surface area contributed by atoms with Crippen LogP contribution in [-0.2, 0) is 5.41 Å². The van der Waals surface area contributed by atoms with Crippen LogP contribution in [0.2, 0.25) is 0 Å². The minimum absolute atomic E-state index is 0.00804. The van der Waals surface area contributed by atoms with Gasteiger partial charge in [-0.25, -0.2) is 0 Å². The predicted molar refractivity (Wildman–Crippen MR) is 190 cm³/mol. The fourth-order valence-corrected chi connectivity index (χ4v) is 7.10. The summed E-state index contributed by atoms with van der Waals surface area (Å²) in [5.41, 5.74) is 7.72. The SMILES string of the molecule is Cc1cc(C)c(O)c(C=N[C@H]2CCCC[C@@H]2N=Cc2cc(C)cc(C(c3ccccc3)(c3ccccc3)c3ccccc3)c2O)c1. The minimum Gasteiger partial charge on any atom is -0.507 e. The summed E-state index contributed by atoms with van der Waals surface area (Å²) >= 11 is 0. The highest BCUT2D eigenvalue weighted by Crippen LogP contribution is 2.49. The number of hydrogen-bond donors (Lipinski definition) is 2. The summed E-state index contributed by atoms with van der Waals surface area (Å²) in [6, 6.07) is 39.4. The van der Waals surface area contributed by atoms with Crippen LogP contribution in [0.3, 0.4) is 0 Å². The number of benzene rings is 5. The van der Waals surface area contributed by atoms with Crippen LogP contribution in [0.1, 0.15) is 75.8 Å². The van der Waals surface area contributed by atoms with Gasteiger partial charge in [-0.1, -0.05) is 116 Å². The molecule has 1 saturated carbocycles. The summed E-state index contributed by atoms with van der Waals surface area (Å²) in [7, 11) is 0. The highest BCUT2D eigenvalue weighted by molar-refractivity contribution is 5.86. The van der Waals surface area contributed by atoms with Crippen molar-refractivity contribution in [3.63, 3.8) is 0 Å². The molecule has 0 aromatic heterocycles. The summed E-state index contributed by atoms with van der Waals surface area (Å²) in [5, 5.41) is 22.8. The zero-order valence-corrected chi connectivity index (χ0v) is 26.9. The maximum Gasteiger partial charge on any atom is 0.129 e. The third kappa shape index (κ3) is 6.12. The number of rotatable bonds is 8. The Morgan fingerprint density at radius 1 is 0.565 bits per heavy atom. The van der Waals surface area contributed by atoms with Crippen molar-refractivity contribution in [1.29, 1.82) is 0 Å². The maximum atomic E-state index is 12.2. The summed E-state index contributed by atoms with van der Waals surface area (Å²) in [4.78, 5) is 10.0. The molecule has 5 aromatic carbocycles. The lowest BCUT2D eigenvalue weighted by Crippen LogP contribution is -2.31. The van der Waals surface area contributed by atoms with Gasteiger partial charge in [-0.3, -0.25) is 9.98 Å². The van der Waals surface area contributed by atoms with Gasteiger partial charge in [-0.15, -0.1) is 0 Å². The molecule has 0 bridgehead atoms. The van der Waals surface area contributed by atoms with E-state index in [1.165, 1.54) is 0 Å². The first kappa shape index (κ1) is 31.0. The van der Waals surface area contributed by atoms with E-state index in [4.69, 9.17) is 9.98 Å². The van der Waals surface area contributed by atoms with Crippen molar-refractivity contribution < 1.29 is 10.2 Å². The molecule has 0 spiro atoms. The van der Waals surface area contributed by atoms with Crippen molar-refractivity contribution in [2.24, 2.45) is 9.98 Å². The Bertz CT molecular complexity index is 1750. The molecule has 1 aliphatic carbocycles. The molecule has 5 aromatic rings. The van der Waals surface area contributed by atoms with E-state index in [0.717, 1.165) is 70.2 Å². The van der Waals surface area contributed by atoms with E-state index in [9.17, 15) is 10.2 Å². The van der Waals surface area contributed by atoms with Crippen LogP contribution in [0.5, 0.6) is 11.5 Å². The van der Waals surface area contributed by atoms with Gasteiger partial charge in [-0.2, -0.15) is 0 Å². The zero-order chi connectivity index (χ0) is 32.1. The van der Waals surface area contributed by atoms with Gasteiger partial charge in [0.05, 0.1) is 17.5 Å². The van der Waals surface area contributed by atoms with Crippen molar-refractivity contribution in [2.45, 2.75) is 64.0 Å². The number of phenolic OH excluding ortho intramolecular Hbond substituents is 2. The second kappa shape index (κ2) is 13.6. The molecule has 1 fully saturated rings. The van der Waals surface area contributed by atoms with Gasteiger partial charge in [0.25, 0.3) is 0 Å². The number of aryl methyl sites for hydroxylation is 3. The first-order chi connectivity index (χ1) is 22.4. The Kier molecular flexibility index (Phi) is 9.16. The monoisotopic (exact) mass is 606 g/mol. The Hall–Kier alpha value is -4.96. The lowest BCUT2D eigenvalue weighted by atomic mass is 9.64. The topological polar surface area (TPSA) is 65.2 Å². The fourth-order valence-electron chi connectivity index (χ4n) is 7.10. The lowest BCUT2D eigenvalue weighted by molar-refractivity contribution is 0.390. The van der Waals surface area contributed by atoms with E-state index >= 15 is 0 Å². The van der Waals surface area contributed by atoms with Crippen LogP contribution in [0.25, 0.3) is 0 Å². The van der Waals surface area contributed by atoms with Crippen LogP contribution < -0.4 is 0 Å². The maximum absolute atomic E-state index is 12.2. The largest absolute Gasteiger partial charge is 0.507 e. The average molecular weight is 607 g/mol. The Labute approximate surface area is 272 Å². The van der Waals surface area contributed by atoms with Crippen molar-refractivity contribution in [3.8, 4) is 11.5 Å². The molecule has 0 unspecified atom stereocenters. The Balaban J connectivity index is 1.44. The van der Waals surface area contributed by atoms with E-state index in [2.05, 4.69) is 85.8 Å². The molecule has 0 aliphatic heterocycles. The normalized spacial score (nSPS) is 17.1. The van der Waals surface area contributed by atoms with Crippen LogP contribution in [0.4, 0.5) is 0 Å². The van der Waals surface area contributed by atoms with Gasteiger partial charge in [0, 0.05) is 29.1 Å². The minimum atomic E-state index is -0.756. The number of phenols is 2. The zero-order valence-electron chi connectivity index (χ0n) is 26.9. The highest BCUT2D eigenvalue weighted by atomic mass is 16.3. The van der Waals surface area contributed by atoms with E-state index in [1.807, 2.05) is 62.7 Å². The molecule has 0 amide bonds.